The Labute approximate surface area is 113 Å². The minimum absolute atomic E-state index is 0.526. The van der Waals surface area contributed by atoms with Gasteiger partial charge in [-0.25, -0.2) is 0 Å². The molecule has 0 aromatic heterocycles. The van der Waals surface area contributed by atoms with E-state index in [0.717, 1.165) is 22.3 Å². The van der Waals surface area contributed by atoms with Crippen LogP contribution in [0.5, 0.6) is 5.75 Å². The van der Waals surface area contributed by atoms with Crippen molar-refractivity contribution in [1.82, 2.24) is 0 Å². The standard InChI is InChI=1S/C14H22BrNO/c1-4-6-7-12(5-2)16-13-10-11(15)8-9-14(13)17-3/h8-10,12,16H,4-7H2,1-3H3. The lowest BCUT2D eigenvalue weighted by molar-refractivity contribution is 0.415. The highest BCUT2D eigenvalue weighted by atomic mass is 79.9. The van der Waals surface area contributed by atoms with Crippen LogP contribution in [0.1, 0.15) is 39.5 Å². The van der Waals surface area contributed by atoms with Gasteiger partial charge < -0.3 is 10.1 Å². The molecule has 0 fully saturated rings. The van der Waals surface area contributed by atoms with Gasteiger partial charge in [0.05, 0.1) is 12.8 Å². The van der Waals surface area contributed by atoms with Crippen LogP contribution in [0, 0.1) is 0 Å². The molecule has 17 heavy (non-hydrogen) atoms. The summed E-state index contributed by atoms with van der Waals surface area (Å²) in [4.78, 5) is 0. The monoisotopic (exact) mass is 299 g/mol. The largest absolute Gasteiger partial charge is 0.495 e. The minimum atomic E-state index is 0.526. The van der Waals surface area contributed by atoms with E-state index in [0.29, 0.717) is 6.04 Å². The van der Waals surface area contributed by atoms with Gasteiger partial charge >= 0.3 is 0 Å². The molecule has 0 saturated heterocycles. The van der Waals surface area contributed by atoms with Crippen LogP contribution in [0.3, 0.4) is 0 Å². The van der Waals surface area contributed by atoms with Crippen LogP contribution in [0.25, 0.3) is 0 Å². The molecular formula is C14H22BrNO. The van der Waals surface area contributed by atoms with Crippen molar-refractivity contribution in [1.29, 1.82) is 0 Å². The van der Waals surface area contributed by atoms with Crippen molar-refractivity contribution in [2.45, 2.75) is 45.6 Å². The number of ether oxygens (including phenoxy) is 1. The summed E-state index contributed by atoms with van der Waals surface area (Å²) < 4.78 is 6.44. The smallest absolute Gasteiger partial charge is 0.142 e. The van der Waals surface area contributed by atoms with Crippen LogP contribution in [-0.4, -0.2) is 13.2 Å². The quantitative estimate of drug-likeness (QED) is 0.778. The Morgan fingerprint density at radius 2 is 2.12 bits per heavy atom. The van der Waals surface area contributed by atoms with E-state index in [-0.39, 0.29) is 0 Å². The predicted molar refractivity (Wildman–Crippen MR) is 77.9 cm³/mol. The van der Waals surface area contributed by atoms with E-state index < -0.39 is 0 Å². The number of anilines is 1. The second-order valence-corrected chi connectivity index (χ2v) is 5.15. The number of methoxy groups -OCH3 is 1. The van der Waals surface area contributed by atoms with Gasteiger partial charge in [0.2, 0.25) is 0 Å². The van der Waals surface area contributed by atoms with Gasteiger partial charge in [-0.2, -0.15) is 0 Å². The zero-order chi connectivity index (χ0) is 12.7. The first-order chi connectivity index (χ1) is 8.21. The lowest BCUT2D eigenvalue weighted by atomic mass is 10.1. The topological polar surface area (TPSA) is 21.3 Å². The molecule has 0 heterocycles. The molecule has 0 aliphatic rings. The van der Waals surface area contributed by atoms with Gasteiger partial charge in [-0.05, 0) is 31.0 Å². The number of hydrogen-bond acceptors (Lipinski definition) is 2. The van der Waals surface area contributed by atoms with Gasteiger partial charge in [0, 0.05) is 10.5 Å². The maximum atomic E-state index is 5.37. The van der Waals surface area contributed by atoms with Gasteiger partial charge in [0.1, 0.15) is 5.75 Å². The van der Waals surface area contributed by atoms with Gasteiger partial charge in [-0.15, -0.1) is 0 Å². The van der Waals surface area contributed by atoms with Crippen LogP contribution in [0.15, 0.2) is 22.7 Å². The summed E-state index contributed by atoms with van der Waals surface area (Å²) in [6.45, 7) is 4.45. The van der Waals surface area contributed by atoms with E-state index in [1.165, 1.54) is 19.3 Å². The Balaban J connectivity index is 2.73. The van der Waals surface area contributed by atoms with Gasteiger partial charge in [-0.1, -0.05) is 42.6 Å². The first kappa shape index (κ1) is 14.4. The number of nitrogens with one attached hydrogen (secondary N) is 1. The third-order valence-corrected chi connectivity index (χ3v) is 3.41. The molecule has 0 radical (unpaired) electrons. The zero-order valence-corrected chi connectivity index (χ0v) is 12.5. The number of hydrogen-bond donors (Lipinski definition) is 1. The van der Waals surface area contributed by atoms with Crippen molar-refractivity contribution in [3.05, 3.63) is 22.7 Å². The van der Waals surface area contributed by atoms with Crippen molar-refractivity contribution in [3.8, 4) is 5.75 Å². The number of benzene rings is 1. The van der Waals surface area contributed by atoms with Crippen LogP contribution >= 0.6 is 15.9 Å². The summed E-state index contributed by atoms with van der Waals surface area (Å²) in [5.74, 6) is 0.906. The third kappa shape index (κ3) is 4.58. The van der Waals surface area contributed by atoms with E-state index in [9.17, 15) is 0 Å². The highest BCUT2D eigenvalue weighted by molar-refractivity contribution is 9.10. The molecule has 96 valence electrons. The molecule has 0 amide bonds. The molecule has 0 saturated carbocycles. The SMILES string of the molecule is CCCCC(CC)Nc1cc(Br)ccc1OC. The summed E-state index contributed by atoms with van der Waals surface area (Å²) in [6.07, 6.45) is 4.86. The van der Waals surface area contributed by atoms with Crippen LogP contribution in [0.2, 0.25) is 0 Å². The molecule has 1 atom stereocenters. The average Bonchev–Trinajstić information content (AvgIpc) is 2.34. The molecule has 0 aliphatic carbocycles. The number of unbranched alkanes of at least 4 members (excludes halogenated alkanes) is 1. The predicted octanol–water partition coefficient (Wildman–Crippen LogP) is 4.84. The molecule has 1 N–H and O–H groups in total. The fourth-order valence-corrected chi connectivity index (χ4v) is 2.20. The molecule has 2 nitrogen and oxygen atoms in total. The second kappa shape index (κ2) is 7.59. The Morgan fingerprint density at radius 3 is 2.71 bits per heavy atom. The van der Waals surface area contributed by atoms with Crippen molar-refractivity contribution in [2.75, 3.05) is 12.4 Å². The highest BCUT2D eigenvalue weighted by Gasteiger charge is 2.09. The lowest BCUT2D eigenvalue weighted by Gasteiger charge is -2.20. The third-order valence-electron chi connectivity index (χ3n) is 2.92. The number of rotatable bonds is 7. The maximum absolute atomic E-state index is 5.37. The fraction of sp³-hybridized carbons (Fsp3) is 0.571. The molecule has 3 heteroatoms. The summed E-state index contributed by atoms with van der Waals surface area (Å²) in [7, 11) is 1.71. The Bertz CT molecular complexity index is 341. The Hall–Kier alpha value is -0.700. The van der Waals surface area contributed by atoms with Gasteiger partial charge in [0.25, 0.3) is 0 Å². The second-order valence-electron chi connectivity index (χ2n) is 4.24. The molecule has 1 aromatic carbocycles. The highest BCUT2D eigenvalue weighted by Crippen LogP contribution is 2.29. The van der Waals surface area contributed by atoms with Crippen molar-refractivity contribution in [3.63, 3.8) is 0 Å². The van der Waals surface area contributed by atoms with Crippen LogP contribution < -0.4 is 10.1 Å². The van der Waals surface area contributed by atoms with E-state index in [4.69, 9.17) is 4.74 Å². The van der Waals surface area contributed by atoms with Crippen LogP contribution in [0.4, 0.5) is 5.69 Å². The zero-order valence-electron chi connectivity index (χ0n) is 10.9. The van der Waals surface area contributed by atoms with E-state index in [1.807, 2.05) is 12.1 Å². The molecule has 0 aliphatic heterocycles. The van der Waals surface area contributed by atoms with E-state index in [1.54, 1.807) is 7.11 Å². The summed E-state index contributed by atoms with van der Waals surface area (Å²) >= 11 is 3.49. The van der Waals surface area contributed by atoms with Crippen molar-refractivity contribution in [2.24, 2.45) is 0 Å². The summed E-state index contributed by atoms with van der Waals surface area (Å²) in [6, 6.07) is 6.58. The molecule has 0 bridgehead atoms. The van der Waals surface area contributed by atoms with Crippen molar-refractivity contribution >= 4 is 21.6 Å². The van der Waals surface area contributed by atoms with E-state index >= 15 is 0 Å². The van der Waals surface area contributed by atoms with Crippen molar-refractivity contribution < 1.29 is 4.74 Å². The molecule has 0 spiro atoms. The lowest BCUT2D eigenvalue weighted by Crippen LogP contribution is -2.18. The fourth-order valence-electron chi connectivity index (χ4n) is 1.84. The first-order valence-corrected chi connectivity index (χ1v) is 7.10. The van der Waals surface area contributed by atoms with Gasteiger partial charge in [0.15, 0.2) is 0 Å². The average molecular weight is 300 g/mol. The molecule has 1 aromatic rings. The van der Waals surface area contributed by atoms with Crippen LogP contribution in [-0.2, 0) is 0 Å². The summed E-state index contributed by atoms with van der Waals surface area (Å²) in [5.41, 5.74) is 1.07. The van der Waals surface area contributed by atoms with E-state index in [2.05, 4.69) is 41.2 Å². The molecular weight excluding hydrogens is 278 g/mol. The molecule has 1 unspecified atom stereocenters. The summed E-state index contributed by atoms with van der Waals surface area (Å²) in [5, 5.41) is 3.57. The maximum Gasteiger partial charge on any atom is 0.142 e. The molecule has 1 rings (SSSR count). The minimum Gasteiger partial charge on any atom is -0.495 e. The van der Waals surface area contributed by atoms with Gasteiger partial charge in [-0.3, -0.25) is 0 Å². The normalized spacial score (nSPS) is 12.2. The Morgan fingerprint density at radius 1 is 1.35 bits per heavy atom. The Kier molecular flexibility index (Phi) is 6.41. The first-order valence-electron chi connectivity index (χ1n) is 6.31. The number of halogens is 1.